The fourth-order valence-electron chi connectivity index (χ4n) is 8.12. The largest absolute Gasteiger partial charge is 1.00 e. The molecule has 4 aromatic rings. The number of fused-ring (bicyclic) bond motifs is 4. The van der Waals surface area contributed by atoms with Gasteiger partial charge in [-0.05, 0) is 146 Å². The fourth-order valence-corrected chi connectivity index (χ4v) is 8.12. The van der Waals surface area contributed by atoms with Gasteiger partial charge in [0, 0.05) is 25.9 Å². The SMILES string of the molecule is Br.CC(=O)O.COC(=O)C1CCc2ccc(OC)cc2C1.COC(=O)C1CCc2ccc(OC)cc2C1=O.COC(=O)OC.COc1ccc2c(c1)C(=O)CCC2.O=C(O)C1CCc2ccc(O)cc2C1.[H-].[HH].[Na+]. The molecule has 3 atom stereocenters. The molecule has 0 radical (unpaired) electrons. The zero-order valence-corrected chi connectivity index (χ0v) is 46.1. The molecule has 3 unspecified atom stereocenters. The van der Waals surface area contributed by atoms with Gasteiger partial charge < -0.3 is 49.9 Å². The van der Waals surface area contributed by atoms with Gasteiger partial charge in [0.25, 0.3) is 5.97 Å². The van der Waals surface area contributed by atoms with Crippen LogP contribution in [-0.4, -0.2) is 107 Å². The Balaban J connectivity index is 0. The van der Waals surface area contributed by atoms with Crippen LogP contribution in [0, 0.1) is 17.8 Å². The summed E-state index contributed by atoms with van der Waals surface area (Å²) >= 11 is 0. The molecule has 4 aromatic carbocycles. The van der Waals surface area contributed by atoms with Gasteiger partial charge in [-0.25, -0.2) is 4.79 Å². The molecular formula is C53H68BrNaO17. The summed E-state index contributed by atoms with van der Waals surface area (Å²) in [4.78, 5) is 76.1. The first-order chi connectivity index (χ1) is 33.4. The number of carboxylic acids is 2. The van der Waals surface area contributed by atoms with E-state index >= 15 is 0 Å². The Morgan fingerprint density at radius 3 is 1.49 bits per heavy atom. The van der Waals surface area contributed by atoms with Crippen LogP contribution >= 0.6 is 17.0 Å². The van der Waals surface area contributed by atoms with Crippen LogP contribution in [-0.2, 0) is 76.7 Å². The van der Waals surface area contributed by atoms with Crippen LogP contribution in [0.15, 0.2) is 72.8 Å². The maximum atomic E-state index is 12.1. The molecule has 8 rings (SSSR count). The van der Waals surface area contributed by atoms with E-state index in [1.165, 1.54) is 45.1 Å². The van der Waals surface area contributed by atoms with Crippen molar-refractivity contribution < 1.29 is 114 Å². The van der Waals surface area contributed by atoms with E-state index in [-0.39, 0.29) is 84.5 Å². The van der Waals surface area contributed by atoms with Crippen LogP contribution in [0.3, 0.4) is 0 Å². The van der Waals surface area contributed by atoms with Crippen molar-refractivity contribution in [3.63, 3.8) is 0 Å². The van der Waals surface area contributed by atoms with Crippen LogP contribution in [0.2, 0.25) is 0 Å². The predicted molar refractivity (Wildman–Crippen MR) is 269 cm³/mol. The average Bonchev–Trinajstić information content (AvgIpc) is 3.37. The third-order valence-corrected chi connectivity index (χ3v) is 11.8. The first-order valence-electron chi connectivity index (χ1n) is 22.5. The number of hydrogen-bond acceptors (Lipinski definition) is 15. The van der Waals surface area contributed by atoms with Crippen LogP contribution < -0.4 is 43.8 Å². The number of aromatic hydroxyl groups is 1. The Morgan fingerprint density at radius 2 is 0.986 bits per heavy atom. The smallest absolute Gasteiger partial charge is 1.00 e. The molecule has 0 aromatic heterocycles. The van der Waals surface area contributed by atoms with Gasteiger partial charge >= 0.3 is 53.6 Å². The molecule has 0 heterocycles. The zero-order chi connectivity index (χ0) is 51.9. The van der Waals surface area contributed by atoms with Crippen molar-refractivity contribution in [2.45, 2.75) is 77.6 Å². The van der Waals surface area contributed by atoms with E-state index in [9.17, 15) is 33.9 Å². The molecule has 0 amide bonds. The van der Waals surface area contributed by atoms with Crippen molar-refractivity contribution in [3.8, 4) is 23.0 Å². The summed E-state index contributed by atoms with van der Waals surface area (Å²) < 4.78 is 32.9. The Kier molecular flexibility index (Phi) is 29.3. The fraction of sp³-hybridized carbons (Fsp3) is 0.415. The number of ketones is 2. The number of hydrogen-bond donors (Lipinski definition) is 3. The summed E-state index contributed by atoms with van der Waals surface area (Å²) in [5, 5.41) is 25.6. The van der Waals surface area contributed by atoms with Crippen molar-refractivity contribution in [1.82, 2.24) is 0 Å². The van der Waals surface area contributed by atoms with Gasteiger partial charge in [-0.2, -0.15) is 0 Å². The number of esters is 2. The van der Waals surface area contributed by atoms with Gasteiger partial charge in [0.1, 0.15) is 28.9 Å². The number of phenolic OH excluding ortho intramolecular Hbond substituents is 1. The van der Waals surface area contributed by atoms with Crippen LogP contribution in [0.5, 0.6) is 23.0 Å². The van der Waals surface area contributed by atoms with Gasteiger partial charge in [0.05, 0.1) is 61.6 Å². The molecule has 0 saturated heterocycles. The number of carbonyl (C=O) groups excluding carboxylic acids is 5. The number of benzene rings is 4. The molecule has 390 valence electrons. The second-order valence-corrected chi connectivity index (χ2v) is 16.3. The summed E-state index contributed by atoms with van der Waals surface area (Å²) in [6.07, 6.45) is 7.89. The molecule has 4 aliphatic rings. The average molecular weight is 1080 g/mol. The summed E-state index contributed by atoms with van der Waals surface area (Å²) in [7, 11) is 10.1. The maximum Gasteiger partial charge on any atom is 1.00 e. The van der Waals surface area contributed by atoms with Crippen molar-refractivity contribution in [3.05, 3.63) is 117 Å². The number of carbonyl (C=O) groups is 7. The van der Waals surface area contributed by atoms with E-state index in [1.54, 1.807) is 39.5 Å². The molecule has 3 N–H and O–H groups in total. The minimum atomic E-state index is -0.833. The summed E-state index contributed by atoms with van der Waals surface area (Å²) in [6, 6.07) is 22.4. The molecule has 0 bridgehead atoms. The Hall–Kier alpha value is -5.95. The molecular weight excluding hydrogens is 1010 g/mol. The van der Waals surface area contributed by atoms with E-state index in [4.69, 9.17) is 34.0 Å². The normalized spacial score (nSPS) is 16.1. The molecule has 19 heteroatoms. The van der Waals surface area contributed by atoms with E-state index in [2.05, 4.69) is 20.3 Å². The first kappa shape index (κ1) is 64.1. The number of halogens is 1. The maximum absolute atomic E-state index is 12.1. The number of ether oxygens (including phenoxy) is 7. The van der Waals surface area contributed by atoms with E-state index in [1.807, 2.05) is 48.5 Å². The molecule has 0 saturated carbocycles. The van der Waals surface area contributed by atoms with Gasteiger partial charge in [0.15, 0.2) is 11.6 Å². The summed E-state index contributed by atoms with van der Waals surface area (Å²) in [5.41, 5.74) is 8.23. The van der Waals surface area contributed by atoms with E-state index < -0.39 is 30.0 Å². The molecule has 0 fully saturated rings. The minimum Gasteiger partial charge on any atom is -1.00 e. The number of aliphatic carboxylic acids is 2. The standard InChI is InChI=1S/C13H14O4.C13H16O3.C11H12O3.C11H12O2.C3H6O3.C2H4O2.BrH.Na.H2.H/c1-16-9-5-3-8-4-6-10(13(15)17-2)12(14)11(8)7-9;1-15-12-6-5-9-3-4-10(13(14)16-2)7-11(9)8-12;12-10-4-3-7-1-2-8(11(13)14)5-9(7)6-10;1-13-9-6-5-8-3-2-4-11(12)10(8)7-9;1-5-3(4)6-2;1-2(3)4;;;;/h3,5,7,10H,4,6H2,1-2H3;5-6,8,10H,3-4,7H2,1-2H3;3-4,6,8,12H,1-2,5H2,(H,13,14);5-7H,2-4H2,1H3;1-2H3;1H3,(H,3,4);1H;;1H;/q;;;;;;;+1;;-1. The van der Waals surface area contributed by atoms with Crippen LogP contribution in [0.1, 0.15) is 96.0 Å². The van der Waals surface area contributed by atoms with E-state index in [0.717, 1.165) is 79.2 Å². The first-order valence-corrected chi connectivity index (χ1v) is 22.5. The van der Waals surface area contributed by atoms with Gasteiger partial charge in [-0.3, -0.25) is 28.8 Å². The number of rotatable bonds is 6. The number of Topliss-reactive ketones (excluding diaryl/α,β-unsaturated/α-hetero) is 2. The Morgan fingerprint density at radius 1 is 0.542 bits per heavy atom. The van der Waals surface area contributed by atoms with Crippen molar-refractivity contribution in [2.24, 2.45) is 17.8 Å². The molecule has 0 spiro atoms. The second kappa shape index (κ2) is 32.9. The Bertz CT molecular complexity index is 2460. The number of aryl methyl sites for hydroxylation is 4. The van der Waals surface area contributed by atoms with Gasteiger partial charge in [-0.15, -0.1) is 17.0 Å². The van der Waals surface area contributed by atoms with Gasteiger partial charge in [0.2, 0.25) is 0 Å². The minimum absolute atomic E-state index is 0. The van der Waals surface area contributed by atoms with Crippen LogP contribution in [0.25, 0.3) is 0 Å². The molecule has 4 aliphatic carbocycles. The number of phenols is 1. The van der Waals surface area contributed by atoms with Crippen molar-refractivity contribution in [1.29, 1.82) is 0 Å². The van der Waals surface area contributed by atoms with Gasteiger partial charge in [-0.1, -0.05) is 24.3 Å². The summed E-state index contributed by atoms with van der Waals surface area (Å²) in [6.45, 7) is 1.08. The zero-order valence-electron chi connectivity index (χ0n) is 43.4. The van der Waals surface area contributed by atoms with E-state index in [0.29, 0.717) is 43.4 Å². The quantitative estimate of drug-likeness (QED) is 0.0892. The molecule has 0 aliphatic heterocycles. The predicted octanol–water partition coefficient (Wildman–Crippen LogP) is 5.81. The third-order valence-electron chi connectivity index (χ3n) is 11.8. The van der Waals surface area contributed by atoms with Crippen molar-refractivity contribution >= 4 is 58.6 Å². The summed E-state index contributed by atoms with van der Waals surface area (Å²) in [5.74, 6) is -0.530. The van der Waals surface area contributed by atoms with Crippen LogP contribution in [0.4, 0.5) is 4.79 Å². The van der Waals surface area contributed by atoms with Crippen molar-refractivity contribution in [2.75, 3.05) is 49.8 Å². The topological polar surface area (TPSA) is 245 Å². The third kappa shape index (κ3) is 19.9. The number of methoxy groups -OCH3 is 7. The molecule has 72 heavy (non-hydrogen) atoms. The molecule has 17 nitrogen and oxygen atoms in total. The second-order valence-electron chi connectivity index (χ2n) is 16.3. The monoisotopic (exact) mass is 1080 g/mol. The Labute approximate surface area is 455 Å². The number of carboxylic acid groups (broad SMARTS) is 2.